The number of likely N-dealkylation sites (tertiary alicyclic amines) is 1. The number of aromatic nitrogens is 3. The van der Waals surface area contributed by atoms with Crippen LogP contribution in [0.1, 0.15) is 33.7 Å². The van der Waals surface area contributed by atoms with E-state index in [-0.39, 0.29) is 11.8 Å². The van der Waals surface area contributed by atoms with E-state index in [4.69, 9.17) is 14.0 Å². The largest absolute Gasteiger partial charge is 0.497 e. The number of para-hydroxylation sites is 1. The van der Waals surface area contributed by atoms with Gasteiger partial charge < -0.3 is 23.9 Å². The first-order chi connectivity index (χ1) is 15.1. The molecule has 1 aliphatic heterocycles. The number of rotatable bonds is 6. The van der Waals surface area contributed by atoms with Crippen molar-refractivity contribution in [2.75, 3.05) is 27.3 Å². The van der Waals surface area contributed by atoms with Crippen molar-refractivity contribution in [2.45, 2.75) is 12.3 Å². The van der Waals surface area contributed by atoms with Crippen molar-refractivity contribution in [3.63, 3.8) is 0 Å². The van der Waals surface area contributed by atoms with Crippen LogP contribution in [0.3, 0.4) is 0 Å². The van der Waals surface area contributed by atoms with E-state index in [0.717, 1.165) is 28.0 Å². The van der Waals surface area contributed by atoms with Gasteiger partial charge in [0.05, 0.1) is 20.1 Å². The quantitative estimate of drug-likeness (QED) is 0.516. The molecule has 4 aromatic rings. The Morgan fingerprint density at radius 1 is 1.16 bits per heavy atom. The number of ether oxygens (including phenoxy) is 2. The molecule has 1 amide bonds. The molecule has 5 rings (SSSR count). The molecule has 1 N–H and O–H groups in total. The Balaban J connectivity index is 1.23. The zero-order chi connectivity index (χ0) is 21.4. The van der Waals surface area contributed by atoms with Crippen LogP contribution in [0, 0.1) is 0 Å². The summed E-state index contributed by atoms with van der Waals surface area (Å²) < 4.78 is 16.1. The van der Waals surface area contributed by atoms with E-state index in [1.165, 1.54) is 0 Å². The molecular formula is C23H22N4O4. The topological polar surface area (TPSA) is 93.5 Å². The zero-order valence-corrected chi connectivity index (χ0v) is 17.3. The minimum absolute atomic E-state index is 0.0415. The molecule has 0 unspecified atom stereocenters. The summed E-state index contributed by atoms with van der Waals surface area (Å²) in [6.45, 7) is 1.10. The number of hydrogen-bond acceptors (Lipinski definition) is 6. The van der Waals surface area contributed by atoms with Crippen LogP contribution in [-0.4, -0.2) is 53.2 Å². The van der Waals surface area contributed by atoms with Gasteiger partial charge in [0, 0.05) is 42.0 Å². The zero-order valence-electron chi connectivity index (χ0n) is 17.3. The van der Waals surface area contributed by atoms with Gasteiger partial charge >= 0.3 is 0 Å². The van der Waals surface area contributed by atoms with Gasteiger partial charge in [-0.05, 0) is 24.3 Å². The molecule has 3 heterocycles. The normalized spacial score (nSPS) is 13.9. The summed E-state index contributed by atoms with van der Waals surface area (Å²) in [5.41, 5.74) is 2.43. The van der Waals surface area contributed by atoms with E-state index in [1.807, 2.05) is 48.5 Å². The monoisotopic (exact) mass is 418 g/mol. The highest BCUT2D eigenvalue weighted by molar-refractivity contribution is 5.98. The SMILES string of the molecule is COc1ccc2cc(C(=O)N3CC(c4nc(Cc5ccccc5OC)no4)C3)[nH]c2c1. The minimum Gasteiger partial charge on any atom is -0.497 e. The van der Waals surface area contributed by atoms with Gasteiger partial charge in [0.25, 0.3) is 5.91 Å². The Morgan fingerprint density at radius 3 is 2.81 bits per heavy atom. The molecule has 158 valence electrons. The number of carbonyl (C=O) groups is 1. The summed E-state index contributed by atoms with van der Waals surface area (Å²) in [5.74, 6) is 2.72. The van der Waals surface area contributed by atoms with Crippen molar-refractivity contribution < 1.29 is 18.8 Å². The number of carbonyl (C=O) groups excluding carboxylic acids is 1. The number of nitrogens with zero attached hydrogens (tertiary/aromatic N) is 3. The average molecular weight is 418 g/mol. The fourth-order valence-electron chi connectivity index (χ4n) is 3.84. The van der Waals surface area contributed by atoms with Gasteiger partial charge in [-0.15, -0.1) is 0 Å². The van der Waals surface area contributed by atoms with Crippen molar-refractivity contribution in [1.82, 2.24) is 20.0 Å². The van der Waals surface area contributed by atoms with E-state index < -0.39 is 0 Å². The number of methoxy groups -OCH3 is 2. The van der Waals surface area contributed by atoms with Crippen LogP contribution in [0.5, 0.6) is 11.5 Å². The molecule has 0 atom stereocenters. The maximum absolute atomic E-state index is 12.8. The maximum atomic E-state index is 12.8. The number of hydrogen-bond donors (Lipinski definition) is 1. The molecule has 2 aromatic carbocycles. The molecule has 2 aromatic heterocycles. The second-order valence-corrected chi connectivity index (χ2v) is 7.58. The van der Waals surface area contributed by atoms with Gasteiger partial charge in [-0.1, -0.05) is 23.4 Å². The van der Waals surface area contributed by atoms with Crippen LogP contribution in [-0.2, 0) is 6.42 Å². The van der Waals surface area contributed by atoms with Crippen molar-refractivity contribution in [2.24, 2.45) is 0 Å². The first-order valence-corrected chi connectivity index (χ1v) is 10.0. The smallest absolute Gasteiger partial charge is 0.270 e. The predicted octanol–water partition coefficient (Wildman–Crippen LogP) is 3.40. The third-order valence-corrected chi connectivity index (χ3v) is 5.60. The highest BCUT2D eigenvalue weighted by Gasteiger charge is 2.36. The van der Waals surface area contributed by atoms with Gasteiger partial charge in [0.2, 0.25) is 5.89 Å². The first kappa shape index (κ1) is 19.2. The fraction of sp³-hybridized carbons (Fsp3) is 0.261. The number of nitrogens with one attached hydrogen (secondary N) is 1. The Labute approximate surface area is 178 Å². The summed E-state index contributed by atoms with van der Waals surface area (Å²) in [7, 11) is 3.26. The molecule has 1 fully saturated rings. The molecule has 8 heteroatoms. The van der Waals surface area contributed by atoms with E-state index >= 15 is 0 Å². The second-order valence-electron chi connectivity index (χ2n) is 7.58. The highest BCUT2D eigenvalue weighted by atomic mass is 16.5. The van der Waals surface area contributed by atoms with E-state index in [2.05, 4.69) is 15.1 Å². The van der Waals surface area contributed by atoms with Crippen LogP contribution in [0.15, 0.2) is 53.1 Å². The lowest BCUT2D eigenvalue weighted by molar-refractivity contribution is 0.0564. The molecule has 1 aliphatic rings. The molecule has 0 aliphatic carbocycles. The van der Waals surface area contributed by atoms with Crippen molar-refractivity contribution >= 4 is 16.8 Å². The molecule has 0 radical (unpaired) electrons. The van der Waals surface area contributed by atoms with Gasteiger partial charge in [0.15, 0.2) is 5.82 Å². The summed E-state index contributed by atoms with van der Waals surface area (Å²) in [4.78, 5) is 22.3. The van der Waals surface area contributed by atoms with E-state index in [9.17, 15) is 4.79 Å². The lowest BCUT2D eigenvalue weighted by Gasteiger charge is -2.36. The van der Waals surface area contributed by atoms with Crippen LogP contribution in [0.25, 0.3) is 10.9 Å². The molecule has 0 bridgehead atoms. The average Bonchev–Trinajstić information content (AvgIpc) is 3.39. The third-order valence-electron chi connectivity index (χ3n) is 5.60. The van der Waals surface area contributed by atoms with Gasteiger partial charge in [-0.3, -0.25) is 4.79 Å². The van der Waals surface area contributed by atoms with Crippen molar-refractivity contribution in [3.05, 3.63) is 71.5 Å². The molecule has 0 spiro atoms. The summed E-state index contributed by atoms with van der Waals surface area (Å²) in [6, 6.07) is 15.3. The van der Waals surface area contributed by atoms with Gasteiger partial charge in [-0.25, -0.2) is 0 Å². The fourth-order valence-corrected chi connectivity index (χ4v) is 3.84. The first-order valence-electron chi connectivity index (χ1n) is 10.0. The van der Waals surface area contributed by atoms with Crippen LogP contribution < -0.4 is 9.47 Å². The lowest BCUT2D eigenvalue weighted by atomic mass is 9.99. The van der Waals surface area contributed by atoms with Crippen LogP contribution in [0.4, 0.5) is 0 Å². The van der Waals surface area contributed by atoms with Crippen molar-refractivity contribution in [1.29, 1.82) is 0 Å². The summed E-state index contributed by atoms with van der Waals surface area (Å²) in [5, 5.41) is 5.07. The highest BCUT2D eigenvalue weighted by Crippen LogP contribution is 2.29. The number of benzene rings is 2. The van der Waals surface area contributed by atoms with Crippen LogP contribution >= 0.6 is 0 Å². The molecule has 31 heavy (non-hydrogen) atoms. The van der Waals surface area contributed by atoms with Crippen LogP contribution in [0.2, 0.25) is 0 Å². The Bertz CT molecular complexity index is 1240. The maximum Gasteiger partial charge on any atom is 0.270 e. The standard InChI is InChI=1S/C23H22N4O4/c1-29-17-8-7-14-9-19(24-18(14)11-17)23(28)27-12-16(13-27)22-25-21(26-31-22)10-15-5-3-4-6-20(15)30-2/h3-9,11,16,24H,10,12-13H2,1-2H3. The Kier molecular flexibility index (Phi) is 4.82. The van der Waals surface area contributed by atoms with Crippen molar-refractivity contribution in [3.8, 4) is 11.5 Å². The lowest BCUT2D eigenvalue weighted by Crippen LogP contribution is -2.48. The van der Waals surface area contributed by atoms with E-state index in [1.54, 1.807) is 19.1 Å². The number of fused-ring (bicyclic) bond motifs is 1. The van der Waals surface area contributed by atoms with Gasteiger partial charge in [0.1, 0.15) is 17.2 Å². The van der Waals surface area contributed by atoms with Gasteiger partial charge in [-0.2, -0.15) is 4.98 Å². The Morgan fingerprint density at radius 2 is 2.00 bits per heavy atom. The summed E-state index contributed by atoms with van der Waals surface area (Å²) >= 11 is 0. The molecule has 1 saturated heterocycles. The predicted molar refractivity (Wildman–Crippen MR) is 114 cm³/mol. The Hall–Kier alpha value is -3.81. The molecular weight excluding hydrogens is 396 g/mol. The molecule has 0 saturated carbocycles. The third kappa shape index (κ3) is 3.61. The minimum atomic E-state index is -0.0415. The number of amides is 1. The summed E-state index contributed by atoms with van der Waals surface area (Å²) in [6.07, 6.45) is 0.529. The molecule has 8 nitrogen and oxygen atoms in total. The number of aromatic amines is 1. The van der Waals surface area contributed by atoms with E-state index in [0.29, 0.717) is 36.9 Å². The second kappa shape index (κ2) is 7.79. The number of H-pyrrole nitrogens is 1.